The Morgan fingerprint density at radius 3 is 2.00 bits per heavy atom. The van der Waals surface area contributed by atoms with Crippen LogP contribution in [0.4, 0.5) is 17.1 Å². The molecule has 33 heavy (non-hydrogen) atoms. The lowest BCUT2D eigenvalue weighted by atomic mass is 10.2. The second kappa shape index (κ2) is 9.51. The van der Waals surface area contributed by atoms with Crippen molar-refractivity contribution >= 4 is 43.0 Å². The van der Waals surface area contributed by atoms with E-state index in [2.05, 4.69) is 14.8 Å². The van der Waals surface area contributed by atoms with Crippen molar-refractivity contribution < 1.29 is 26.4 Å². The number of para-hydroxylation sites is 2. The summed E-state index contributed by atoms with van der Waals surface area (Å²) < 4.78 is 61.6. The summed E-state index contributed by atoms with van der Waals surface area (Å²) in [5.74, 6) is 0.0657. The highest BCUT2D eigenvalue weighted by Gasteiger charge is 2.20. The lowest BCUT2D eigenvalue weighted by molar-refractivity contribution is -0.114. The first-order valence-corrected chi connectivity index (χ1v) is 12.7. The number of benzene rings is 3. The molecule has 0 spiro atoms. The van der Waals surface area contributed by atoms with Crippen LogP contribution in [0.3, 0.4) is 0 Å². The number of sulfonamides is 2. The predicted octanol–water partition coefficient (Wildman–Crippen LogP) is 3.56. The summed E-state index contributed by atoms with van der Waals surface area (Å²) in [5.41, 5.74) is 1.35. The third-order valence-corrected chi connectivity index (χ3v) is 7.34. The van der Waals surface area contributed by atoms with Crippen LogP contribution in [-0.2, 0) is 24.8 Å². The second-order valence-electron chi connectivity index (χ2n) is 7.09. The van der Waals surface area contributed by atoms with Crippen molar-refractivity contribution in [1.82, 2.24) is 0 Å². The summed E-state index contributed by atoms with van der Waals surface area (Å²) >= 11 is 0. The van der Waals surface area contributed by atoms with E-state index < -0.39 is 20.0 Å². The van der Waals surface area contributed by atoms with E-state index in [0.717, 1.165) is 0 Å². The monoisotopic (exact) mass is 489 g/mol. The Hall–Kier alpha value is -3.57. The molecule has 0 saturated heterocycles. The van der Waals surface area contributed by atoms with Gasteiger partial charge in [-0.3, -0.25) is 14.2 Å². The largest absolute Gasteiger partial charge is 0.495 e. The minimum Gasteiger partial charge on any atom is -0.495 e. The molecule has 0 unspecified atom stereocenters. The van der Waals surface area contributed by atoms with E-state index in [1.165, 1.54) is 56.5 Å². The maximum absolute atomic E-state index is 12.9. The second-order valence-corrected chi connectivity index (χ2v) is 10.5. The average molecular weight is 490 g/mol. The predicted molar refractivity (Wildman–Crippen MR) is 127 cm³/mol. The Balaban J connectivity index is 1.88. The smallest absolute Gasteiger partial charge is 0.262 e. The van der Waals surface area contributed by atoms with Crippen LogP contribution in [0, 0.1) is 6.92 Å². The molecule has 0 aromatic heterocycles. The SMILES string of the molecule is COc1ccccc1NS(=O)(=O)c1ccc(C)c(NS(=O)(=O)c2ccc(NC(C)=O)cc2)c1. The van der Waals surface area contributed by atoms with Gasteiger partial charge in [0, 0.05) is 12.6 Å². The molecule has 11 heteroatoms. The van der Waals surface area contributed by atoms with Crippen LogP contribution < -0.4 is 19.5 Å². The van der Waals surface area contributed by atoms with Crippen molar-refractivity contribution in [2.24, 2.45) is 0 Å². The Morgan fingerprint density at radius 1 is 0.788 bits per heavy atom. The van der Waals surface area contributed by atoms with Gasteiger partial charge in [-0.25, -0.2) is 16.8 Å². The lowest BCUT2D eigenvalue weighted by Crippen LogP contribution is -2.16. The van der Waals surface area contributed by atoms with E-state index in [-0.39, 0.29) is 27.1 Å². The standard InChI is InChI=1S/C22H23N3O6S2/c1-15-8-11-19(33(29,30)24-20-6-4-5-7-22(20)31-3)14-21(15)25-32(27,28)18-12-9-17(10-13-18)23-16(2)26/h4-14,24-25H,1-3H3,(H,23,26). The Kier molecular flexibility index (Phi) is 6.94. The first-order chi connectivity index (χ1) is 15.5. The van der Waals surface area contributed by atoms with E-state index in [9.17, 15) is 21.6 Å². The number of hydrogen-bond acceptors (Lipinski definition) is 6. The third-order valence-electron chi connectivity index (χ3n) is 4.60. The molecule has 9 nitrogen and oxygen atoms in total. The van der Waals surface area contributed by atoms with Crippen LogP contribution in [0.25, 0.3) is 0 Å². The first-order valence-electron chi connectivity index (χ1n) is 9.69. The number of carbonyl (C=O) groups is 1. The highest BCUT2D eigenvalue weighted by atomic mass is 32.2. The summed E-state index contributed by atoms with van der Waals surface area (Å²) in [6.07, 6.45) is 0. The summed E-state index contributed by atoms with van der Waals surface area (Å²) in [5, 5.41) is 2.56. The van der Waals surface area contributed by atoms with Gasteiger partial charge in [0.1, 0.15) is 5.75 Å². The first kappa shape index (κ1) is 24.1. The fraction of sp³-hybridized carbons (Fsp3) is 0.136. The van der Waals surface area contributed by atoms with Crippen LogP contribution >= 0.6 is 0 Å². The quantitative estimate of drug-likeness (QED) is 0.443. The maximum Gasteiger partial charge on any atom is 0.262 e. The number of ether oxygens (including phenoxy) is 1. The van der Waals surface area contributed by atoms with Crippen molar-refractivity contribution in [1.29, 1.82) is 0 Å². The van der Waals surface area contributed by atoms with Crippen molar-refractivity contribution in [2.75, 3.05) is 21.9 Å². The fourth-order valence-electron chi connectivity index (χ4n) is 2.94. The molecule has 0 bridgehead atoms. The zero-order valence-corrected chi connectivity index (χ0v) is 19.7. The van der Waals surface area contributed by atoms with Gasteiger partial charge in [-0.15, -0.1) is 0 Å². The number of carbonyl (C=O) groups excluding carboxylic acids is 1. The molecule has 0 fully saturated rings. The molecular weight excluding hydrogens is 466 g/mol. The Morgan fingerprint density at radius 2 is 1.36 bits per heavy atom. The highest BCUT2D eigenvalue weighted by molar-refractivity contribution is 7.93. The van der Waals surface area contributed by atoms with E-state index in [4.69, 9.17) is 4.74 Å². The molecule has 3 aromatic rings. The summed E-state index contributed by atoms with van der Waals surface area (Å²) in [6.45, 7) is 3.00. The van der Waals surface area contributed by atoms with Gasteiger partial charge in [-0.2, -0.15) is 0 Å². The zero-order chi connectivity index (χ0) is 24.2. The average Bonchev–Trinajstić information content (AvgIpc) is 2.75. The number of aryl methyl sites for hydroxylation is 1. The highest BCUT2D eigenvalue weighted by Crippen LogP contribution is 2.28. The van der Waals surface area contributed by atoms with Crippen LogP contribution in [-0.4, -0.2) is 29.9 Å². The molecule has 0 aliphatic carbocycles. The number of nitrogens with one attached hydrogen (secondary N) is 3. The van der Waals surface area contributed by atoms with Gasteiger partial charge in [0.15, 0.2) is 0 Å². The number of rotatable bonds is 8. The van der Waals surface area contributed by atoms with Crippen LogP contribution in [0.5, 0.6) is 5.75 Å². The van der Waals surface area contributed by atoms with E-state index >= 15 is 0 Å². The molecule has 0 heterocycles. The molecule has 3 N–H and O–H groups in total. The molecule has 3 aromatic carbocycles. The van der Waals surface area contributed by atoms with Gasteiger partial charge in [0.25, 0.3) is 20.0 Å². The van der Waals surface area contributed by atoms with Gasteiger partial charge < -0.3 is 10.1 Å². The third kappa shape index (κ3) is 5.82. The number of methoxy groups -OCH3 is 1. The Bertz CT molecular complexity index is 1390. The van der Waals surface area contributed by atoms with Crippen molar-refractivity contribution in [3.8, 4) is 5.75 Å². The van der Waals surface area contributed by atoms with Crippen LogP contribution in [0.2, 0.25) is 0 Å². The lowest BCUT2D eigenvalue weighted by Gasteiger charge is -2.15. The molecule has 0 atom stereocenters. The van der Waals surface area contributed by atoms with Crippen molar-refractivity contribution in [3.05, 3.63) is 72.3 Å². The van der Waals surface area contributed by atoms with Crippen molar-refractivity contribution in [2.45, 2.75) is 23.6 Å². The van der Waals surface area contributed by atoms with Crippen molar-refractivity contribution in [3.63, 3.8) is 0 Å². The molecule has 0 aliphatic rings. The Labute approximate surface area is 192 Å². The molecular formula is C22H23N3O6S2. The van der Waals surface area contributed by atoms with Gasteiger partial charge in [0.2, 0.25) is 5.91 Å². The molecule has 3 rings (SSSR count). The van der Waals surface area contributed by atoms with Crippen LogP contribution in [0.1, 0.15) is 12.5 Å². The summed E-state index contributed by atoms with van der Waals surface area (Å²) in [6, 6.07) is 16.3. The van der Waals surface area contributed by atoms with Gasteiger partial charge in [-0.1, -0.05) is 18.2 Å². The molecule has 0 saturated carbocycles. The van der Waals surface area contributed by atoms with E-state index in [1.54, 1.807) is 31.2 Å². The van der Waals surface area contributed by atoms with Crippen LogP contribution in [0.15, 0.2) is 76.5 Å². The van der Waals surface area contributed by atoms with E-state index in [0.29, 0.717) is 17.0 Å². The molecule has 174 valence electrons. The maximum atomic E-state index is 12.9. The van der Waals surface area contributed by atoms with Gasteiger partial charge >= 0.3 is 0 Å². The summed E-state index contributed by atoms with van der Waals surface area (Å²) in [7, 11) is -6.61. The molecule has 0 aliphatic heterocycles. The minimum atomic E-state index is -4.03. The topological polar surface area (TPSA) is 131 Å². The fourth-order valence-corrected chi connectivity index (χ4v) is 5.15. The number of anilines is 3. The van der Waals surface area contributed by atoms with Gasteiger partial charge in [-0.05, 0) is 61.0 Å². The van der Waals surface area contributed by atoms with Gasteiger partial charge in [0.05, 0.1) is 28.3 Å². The molecule has 0 radical (unpaired) electrons. The minimum absolute atomic E-state index is 0.0450. The summed E-state index contributed by atoms with van der Waals surface area (Å²) in [4.78, 5) is 11.0. The van der Waals surface area contributed by atoms with E-state index in [1.807, 2.05) is 0 Å². The number of hydrogen-bond donors (Lipinski definition) is 3. The zero-order valence-electron chi connectivity index (χ0n) is 18.1. The normalized spacial score (nSPS) is 11.5. The molecule has 1 amide bonds. The number of amides is 1.